The molecule has 0 saturated carbocycles. The third-order valence-corrected chi connectivity index (χ3v) is 6.69. The number of nitrogens with one attached hydrogen (secondary N) is 1. The minimum Gasteiger partial charge on any atom is -0.434 e. The highest BCUT2D eigenvalue weighted by molar-refractivity contribution is 7.13. The quantitative estimate of drug-likeness (QED) is 0.365. The number of nitrogens with two attached hydrogens (primary N) is 1. The summed E-state index contributed by atoms with van der Waals surface area (Å²) in [7, 11) is 0. The molecule has 0 radical (unpaired) electrons. The lowest BCUT2D eigenvalue weighted by atomic mass is 9.66. The molecule has 1 unspecified atom stereocenters. The van der Waals surface area contributed by atoms with Crippen molar-refractivity contribution in [1.29, 1.82) is 0 Å². The molecule has 0 aliphatic carbocycles. The highest BCUT2D eigenvalue weighted by Crippen LogP contribution is 2.42. The molecule has 3 N–H and O–H groups in total. The number of pyridine rings is 1. The van der Waals surface area contributed by atoms with E-state index in [1.807, 2.05) is 45.9 Å². The molecule has 11 heteroatoms. The third-order valence-electron chi connectivity index (χ3n) is 6.00. The molecule has 10 nitrogen and oxygen atoms in total. The van der Waals surface area contributed by atoms with E-state index in [1.165, 1.54) is 17.5 Å². The molecular formula is C25H32N6O4S. The lowest BCUT2D eigenvalue weighted by molar-refractivity contribution is -0.158. The third kappa shape index (κ3) is 6.34. The van der Waals surface area contributed by atoms with Crippen LogP contribution in [0, 0.1) is 11.3 Å². The Bertz CT molecular complexity index is 1170. The van der Waals surface area contributed by atoms with Crippen LogP contribution in [0.5, 0.6) is 0 Å². The molecule has 2 atom stereocenters. The second-order valence-corrected chi connectivity index (χ2v) is 10.5. The van der Waals surface area contributed by atoms with Gasteiger partial charge in [0, 0.05) is 48.2 Å². The first-order valence-corrected chi connectivity index (χ1v) is 12.6. The van der Waals surface area contributed by atoms with E-state index in [0.717, 1.165) is 12.0 Å². The number of Topliss-reactive ketones (excluding diaryl/α,β-unsaturated/α-hetero) is 1. The molecule has 0 aliphatic heterocycles. The number of carbonyl (C=O) groups excluding carboxylic acids is 3. The maximum atomic E-state index is 13.8. The van der Waals surface area contributed by atoms with Gasteiger partial charge in [-0.15, -0.1) is 11.3 Å². The SMILES string of the molecule is CCCC[C@@](OC(N)=O)(C(=O)C(=O)Nc1nccs1)C(Cn1ccc(-c2cccnc2)n1)C(C)(C)C. The number of aromatic nitrogens is 4. The van der Waals surface area contributed by atoms with E-state index in [2.05, 4.69) is 20.4 Å². The number of unbranched alkanes of at least 4 members (excludes halogenated alkanes) is 1. The first-order chi connectivity index (χ1) is 17.1. The number of hydrogen-bond acceptors (Lipinski definition) is 8. The number of carbonyl (C=O) groups is 3. The van der Waals surface area contributed by atoms with Crippen LogP contribution in [0.2, 0.25) is 0 Å². The fraction of sp³-hybridized carbons (Fsp3) is 0.440. The van der Waals surface area contributed by atoms with E-state index >= 15 is 0 Å². The number of nitrogens with zero attached hydrogens (tertiary/aromatic N) is 4. The Kier molecular flexibility index (Phi) is 8.57. The molecule has 0 aromatic carbocycles. The monoisotopic (exact) mass is 512 g/mol. The van der Waals surface area contributed by atoms with Crippen molar-refractivity contribution in [2.24, 2.45) is 17.1 Å². The summed E-state index contributed by atoms with van der Waals surface area (Å²) in [6.07, 6.45) is 6.97. The van der Waals surface area contributed by atoms with Crippen LogP contribution in [-0.4, -0.2) is 43.1 Å². The second kappa shape index (κ2) is 11.4. The molecule has 3 aromatic heterocycles. The van der Waals surface area contributed by atoms with Gasteiger partial charge in [-0.05, 0) is 36.5 Å². The van der Waals surface area contributed by atoms with Crippen LogP contribution in [0.4, 0.5) is 9.93 Å². The van der Waals surface area contributed by atoms with Gasteiger partial charge in [0.05, 0.1) is 5.69 Å². The minimum absolute atomic E-state index is 0.134. The summed E-state index contributed by atoms with van der Waals surface area (Å²) in [5.74, 6) is -2.42. The average Bonchev–Trinajstić information content (AvgIpc) is 3.52. The second-order valence-electron chi connectivity index (χ2n) is 9.62. The van der Waals surface area contributed by atoms with Gasteiger partial charge in [0.2, 0.25) is 0 Å². The Morgan fingerprint density at radius 1 is 1.22 bits per heavy atom. The number of ketones is 1. The fourth-order valence-corrected chi connectivity index (χ4v) is 4.83. The van der Waals surface area contributed by atoms with Crippen molar-refractivity contribution in [3.05, 3.63) is 48.4 Å². The van der Waals surface area contributed by atoms with Crippen molar-refractivity contribution >= 4 is 34.3 Å². The summed E-state index contributed by atoms with van der Waals surface area (Å²) in [4.78, 5) is 47.3. The van der Waals surface area contributed by atoms with E-state index in [1.54, 1.807) is 28.7 Å². The van der Waals surface area contributed by atoms with Crippen molar-refractivity contribution in [3.63, 3.8) is 0 Å². The minimum atomic E-state index is -1.80. The van der Waals surface area contributed by atoms with Crippen molar-refractivity contribution in [1.82, 2.24) is 19.7 Å². The van der Waals surface area contributed by atoms with Crippen LogP contribution in [0.25, 0.3) is 11.3 Å². The number of thiazole rings is 1. The molecule has 192 valence electrons. The van der Waals surface area contributed by atoms with Crippen molar-refractivity contribution in [3.8, 4) is 11.3 Å². The van der Waals surface area contributed by atoms with Crippen molar-refractivity contribution in [2.45, 2.75) is 59.1 Å². The van der Waals surface area contributed by atoms with E-state index in [9.17, 15) is 14.4 Å². The summed E-state index contributed by atoms with van der Waals surface area (Å²) in [6.45, 7) is 7.95. The maximum absolute atomic E-state index is 13.8. The number of hydrogen-bond donors (Lipinski definition) is 2. The zero-order valence-electron chi connectivity index (χ0n) is 20.9. The van der Waals surface area contributed by atoms with Crippen LogP contribution in [0.1, 0.15) is 47.0 Å². The predicted molar refractivity (Wildman–Crippen MR) is 137 cm³/mol. The van der Waals surface area contributed by atoms with Crippen LogP contribution in [0.15, 0.2) is 48.4 Å². The van der Waals surface area contributed by atoms with Gasteiger partial charge in [0.25, 0.3) is 11.7 Å². The van der Waals surface area contributed by atoms with Gasteiger partial charge in [-0.25, -0.2) is 9.78 Å². The molecular weight excluding hydrogens is 480 g/mol. The lowest BCUT2D eigenvalue weighted by Gasteiger charge is -2.44. The molecule has 2 amide bonds. The largest absolute Gasteiger partial charge is 0.434 e. The number of primary amides is 1. The lowest BCUT2D eigenvalue weighted by Crippen LogP contribution is -2.59. The molecule has 0 bridgehead atoms. The first-order valence-electron chi connectivity index (χ1n) is 11.7. The molecule has 3 aromatic rings. The summed E-state index contributed by atoms with van der Waals surface area (Å²) < 4.78 is 7.34. The van der Waals surface area contributed by atoms with Gasteiger partial charge >= 0.3 is 6.09 Å². The van der Waals surface area contributed by atoms with Gasteiger partial charge in [0.15, 0.2) is 10.7 Å². The zero-order chi connectivity index (χ0) is 26.3. The predicted octanol–water partition coefficient (Wildman–Crippen LogP) is 4.30. The highest BCUT2D eigenvalue weighted by atomic mass is 32.1. The number of anilines is 1. The molecule has 0 fully saturated rings. The smallest absolute Gasteiger partial charge is 0.405 e. The number of amides is 2. The van der Waals surface area contributed by atoms with E-state index in [-0.39, 0.29) is 18.1 Å². The summed E-state index contributed by atoms with van der Waals surface area (Å²) in [6, 6.07) is 5.56. The molecule has 0 aliphatic rings. The Morgan fingerprint density at radius 2 is 2.00 bits per heavy atom. The van der Waals surface area contributed by atoms with E-state index < -0.39 is 34.7 Å². The fourth-order valence-electron chi connectivity index (χ4n) is 4.30. The van der Waals surface area contributed by atoms with Crippen LogP contribution >= 0.6 is 11.3 Å². The highest BCUT2D eigenvalue weighted by Gasteiger charge is 2.55. The first kappa shape index (κ1) is 27.0. The summed E-state index contributed by atoms with van der Waals surface area (Å²) in [5.41, 5.74) is 4.66. The van der Waals surface area contributed by atoms with Crippen LogP contribution in [0.3, 0.4) is 0 Å². The van der Waals surface area contributed by atoms with Gasteiger partial charge in [-0.2, -0.15) is 5.10 Å². The average molecular weight is 513 g/mol. The standard InChI is InChI=1S/C25H32N6O4S/c1-5-6-10-25(35-22(26)34,20(32)21(33)29-23-28-12-14-36-23)19(24(2,3)4)16-31-13-9-18(30-31)17-8-7-11-27-15-17/h7-9,11-15,19H,5-6,10,16H2,1-4H3,(H2,26,34)(H,28,29,33)/t19?,25-/m0/s1. The molecule has 3 rings (SSSR count). The number of rotatable bonds is 11. The number of ether oxygens (including phenoxy) is 1. The molecule has 36 heavy (non-hydrogen) atoms. The normalized spacial score (nSPS) is 14.0. The maximum Gasteiger partial charge on any atom is 0.405 e. The summed E-state index contributed by atoms with van der Waals surface area (Å²) >= 11 is 1.18. The Morgan fingerprint density at radius 3 is 2.58 bits per heavy atom. The van der Waals surface area contributed by atoms with Gasteiger partial charge in [-0.3, -0.25) is 24.6 Å². The van der Waals surface area contributed by atoms with E-state index in [4.69, 9.17) is 10.5 Å². The Hall–Kier alpha value is -3.60. The van der Waals surface area contributed by atoms with Crippen LogP contribution < -0.4 is 11.1 Å². The zero-order valence-corrected chi connectivity index (χ0v) is 21.7. The summed E-state index contributed by atoms with van der Waals surface area (Å²) in [5, 5.41) is 9.14. The van der Waals surface area contributed by atoms with Crippen molar-refractivity contribution < 1.29 is 19.1 Å². The topological polar surface area (TPSA) is 142 Å². The Labute approximate surface area is 214 Å². The van der Waals surface area contributed by atoms with E-state index in [0.29, 0.717) is 12.1 Å². The van der Waals surface area contributed by atoms with Gasteiger partial charge in [-0.1, -0.05) is 34.1 Å². The molecule has 0 saturated heterocycles. The van der Waals surface area contributed by atoms with Gasteiger partial charge < -0.3 is 10.5 Å². The van der Waals surface area contributed by atoms with Crippen LogP contribution in [-0.2, 0) is 20.9 Å². The molecule has 3 heterocycles. The van der Waals surface area contributed by atoms with Crippen molar-refractivity contribution in [2.75, 3.05) is 5.32 Å². The Balaban J connectivity index is 2.04. The van der Waals surface area contributed by atoms with Gasteiger partial charge in [0.1, 0.15) is 0 Å². The molecule has 0 spiro atoms.